The zero-order valence-electron chi connectivity index (χ0n) is 33.2. The fourth-order valence-corrected chi connectivity index (χ4v) is 4.81. The molecule has 51 heavy (non-hydrogen) atoms. The smallest absolute Gasteiger partial charge is 0.408 e. The third-order valence-electron chi connectivity index (χ3n) is 7.66. The number of methoxy groups -OCH3 is 1. The van der Waals surface area contributed by atoms with E-state index in [0.717, 1.165) is 0 Å². The third-order valence-corrected chi connectivity index (χ3v) is 7.66. The summed E-state index contributed by atoms with van der Waals surface area (Å²) >= 11 is 0. The van der Waals surface area contributed by atoms with Gasteiger partial charge in [0.15, 0.2) is 0 Å². The van der Waals surface area contributed by atoms with Crippen LogP contribution >= 0.6 is 0 Å². The summed E-state index contributed by atoms with van der Waals surface area (Å²) in [6.07, 6.45) is -0.319. The van der Waals surface area contributed by atoms with Crippen LogP contribution in [0.3, 0.4) is 0 Å². The Morgan fingerprint density at radius 3 is 1.53 bits per heavy atom. The molecule has 294 valence electrons. The Kier molecular flexibility index (Phi) is 19.8. The summed E-state index contributed by atoms with van der Waals surface area (Å²) in [7, 11) is 1.22. The number of carbonyl (C=O) groups excluding carboxylic acids is 7. The highest BCUT2D eigenvalue weighted by atomic mass is 16.6. The van der Waals surface area contributed by atoms with Gasteiger partial charge in [0.2, 0.25) is 23.6 Å². The Bertz CT molecular complexity index is 1190. The van der Waals surface area contributed by atoms with E-state index in [0.29, 0.717) is 6.42 Å². The molecular weight excluding hydrogens is 662 g/mol. The molecule has 5 amide bonds. The monoisotopic (exact) mass is 727 g/mol. The van der Waals surface area contributed by atoms with E-state index in [1.54, 1.807) is 69.2 Å². The van der Waals surface area contributed by atoms with Crippen LogP contribution in [0, 0.1) is 17.8 Å². The van der Waals surface area contributed by atoms with Crippen molar-refractivity contribution in [3.8, 4) is 0 Å². The fraction of sp³-hybridized carbons (Fsp3) is 0.806. The molecule has 15 heteroatoms. The molecule has 15 nitrogen and oxygen atoms in total. The molecule has 6 atom stereocenters. The van der Waals surface area contributed by atoms with E-state index in [4.69, 9.17) is 14.2 Å². The molecule has 0 bridgehead atoms. The second-order valence-corrected chi connectivity index (χ2v) is 15.6. The van der Waals surface area contributed by atoms with Crippen molar-refractivity contribution < 1.29 is 47.8 Å². The molecule has 0 fully saturated rings. The average molecular weight is 728 g/mol. The summed E-state index contributed by atoms with van der Waals surface area (Å²) in [5, 5.41) is 13.2. The third kappa shape index (κ3) is 18.8. The van der Waals surface area contributed by atoms with Gasteiger partial charge in [-0.2, -0.15) is 0 Å². The van der Waals surface area contributed by atoms with Gasteiger partial charge in [-0.15, -0.1) is 0 Å². The summed E-state index contributed by atoms with van der Waals surface area (Å²) in [5.74, 6) is -4.64. The van der Waals surface area contributed by atoms with Gasteiger partial charge in [-0.1, -0.05) is 54.9 Å². The van der Waals surface area contributed by atoms with Crippen molar-refractivity contribution in [3.63, 3.8) is 0 Å². The van der Waals surface area contributed by atoms with Gasteiger partial charge in [-0.05, 0) is 78.6 Å². The second-order valence-electron chi connectivity index (χ2n) is 15.6. The molecule has 0 spiro atoms. The zero-order chi connectivity index (χ0) is 39.9. The van der Waals surface area contributed by atoms with Crippen LogP contribution in [0.15, 0.2) is 0 Å². The fourth-order valence-electron chi connectivity index (χ4n) is 4.81. The van der Waals surface area contributed by atoms with E-state index in [9.17, 15) is 33.6 Å². The Morgan fingerprint density at radius 1 is 0.588 bits per heavy atom. The molecule has 0 aromatic heterocycles. The maximum atomic E-state index is 13.8. The molecule has 0 aliphatic carbocycles. The molecule has 0 aromatic rings. The predicted octanol–water partition coefficient (Wildman–Crippen LogP) is 3.27. The molecule has 0 radical (unpaired) electrons. The molecule has 0 saturated carbocycles. The maximum absolute atomic E-state index is 13.8. The van der Waals surface area contributed by atoms with Gasteiger partial charge in [0, 0.05) is 6.42 Å². The normalized spacial score (nSPS) is 15.3. The van der Waals surface area contributed by atoms with Gasteiger partial charge in [-0.3, -0.25) is 24.0 Å². The van der Waals surface area contributed by atoms with Crippen molar-refractivity contribution in [1.82, 2.24) is 26.6 Å². The number of hydrogen-bond acceptors (Lipinski definition) is 10. The molecule has 1 unspecified atom stereocenters. The molecule has 0 saturated heterocycles. The standard InChI is InChI=1S/C36H65N5O10/c1-15-22(7)28(33(47)49-14)40-29(43)23(16-2)37-30(44)24(17-18-26(42)50-35(8,9)10)38-31(45)25(19-20(3)4)39-32(46)27(21(5)6)41-34(48)51-36(11,12)13/h20-25,27-28H,15-19H2,1-14H3,(H,37,44)(H,38,45)(H,39,46)(H,40,43)(H,41,48)/t22-,23-,24?,25-,27-,28-/m0/s1. The van der Waals surface area contributed by atoms with E-state index in [1.165, 1.54) is 7.11 Å². The zero-order valence-corrected chi connectivity index (χ0v) is 33.2. The summed E-state index contributed by atoms with van der Waals surface area (Å²) in [4.78, 5) is 91.8. The van der Waals surface area contributed by atoms with Crippen LogP contribution in [0.1, 0.15) is 122 Å². The van der Waals surface area contributed by atoms with Crippen LogP contribution in [0.4, 0.5) is 4.79 Å². The maximum Gasteiger partial charge on any atom is 0.408 e. The van der Waals surface area contributed by atoms with Crippen LogP contribution in [-0.4, -0.2) is 90.2 Å². The van der Waals surface area contributed by atoms with Gasteiger partial charge in [0.05, 0.1) is 7.11 Å². The second kappa shape index (κ2) is 21.5. The number of hydrogen-bond donors (Lipinski definition) is 5. The number of rotatable bonds is 19. The van der Waals surface area contributed by atoms with Crippen molar-refractivity contribution in [2.24, 2.45) is 17.8 Å². The van der Waals surface area contributed by atoms with Crippen LogP contribution in [0.25, 0.3) is 0 Å². The first-order valence-corrected chi connectivity index (χ1v) is 17.9. The first kappa shape index (κ1) is 47.1. The minimum absolute atomic E-state index is 0.0761. The Labute approximate surface area is 304 Å². The highest BCUT2D eigenvalue weighted by molar-refractivity contribution is 5.96. The van der Waals surface area contributed by atoms with E-state index in [2.05, 4.69) is 26.6 Å². The van der Waals surface area contributed by atoms with Gasteiger partial charge in [0.25, 0.3) is 0 Å². The lowest BCUT2D eigenvalue weighted by atomic mass is 9.98. The highest BCUT2D eigenvalue weighted by Gasteiger charge is 2.35. The van der Waals surface area contributed by atoms with Gasteiger partial charge >= 0.3 is 18.0 Å². The number of nitrogens with one attached hydrogen (secondary N) is 5. The largest absolute Gasteiger partial charge is 0.467 e. The molecule has 0 aliphatic heterocycles. The minimum atomic E-state index is -1.31. The van der Waals surface area contributed by atoms with Crippen LogP contribution < -0.4 is 26.6 Å². The van der Waals surface area contributed by atoms with Crippen molar-refractivity contribution in [2.75, 3.05) is 7.11 Å². The first-order chi connectivity index (χ1) is 23.3. The summed E-state index contributed by atoms with van der Waals surface area (Å²) < 4.78 is 15.6. The van der Waals surface area contributed by atoms with E-state index < -0.39 is 83.1 Å². The van der Waals surface area contributed by atoms with Gasteiger partial charge < -0.3 is 40.8 Å². The van der Waals surface area contributed by atoms with Crippen LogP contribution in [0.5, 0.6) is 0 Å². The predicted molar refractivity (Wildman–Crippen MR) is 192 cm³/mol. The highest BCUT2D eigenvalue weighted by Crippen LogP contribution is 2.14. The molecular formula is C36H65N5O10. The lowest BCUT2D eigenvalue weighted by Crippen LogP contribution is -2.59. The molecule has 0 aliphatic rings. The van der Waals surface area contributed by atoms with E-state index in [-0.39, 0.29) is 43.4 Å². The van der Waals surface area contributed by atoms with E-state index in [1.807, 2.05) is 20.8 Å². The number of carbonyl (C=O) groups is 7. The Balaban J connectivity index is 6.30. The number of amides is 5. The van der Waals surface area contributed by atoms with Crippen LogP contribution in [-0.2, 0) is 43.0 Å². The Morgan fingerprint density at radius 2 is 1.08 bits per heavy atom. The van der Waals surface area contributed by atoms with Crippen molar-refractivity contribution in [2.45, 2.75) is 164 Å². The molecule has 0 rings (SSSR count). The average Bonchev–Trinajstić information content (AvgIpc) is 2.99. The van der Waals surface area contributed by atoms with Gasteiger partial charge in [0.1, 0.15) is 41.4 Å². The Hall–Kier alpha value is -3.91. The lowest BCUT2D eigenvalue weighted by molar-refractivity contribution is -0.155. The van der Waals surface area contributed by atoms with E-state index >= 15 is 0 Å². The first-order valence-electron chi connectivity index (χ1n) is 17.9. The van der Waals surface area contributed by atoms with Crippen molar-refractivity contribution in [3.05, 3.63) is 0 Å². The lowest BCUT2D eigenvalue weighted by Gasteiger charge is -2.29. The minimum Gasteiger partial charge on any atom is -0.467 e. The summed E-state index contributed by atoms with van der Waals surface area (Å²) in [6.45, 7) is 22.6. The number of esters is 2. The van der Waals surface area contributed by atoms with Crippen molar-refractivity contribution >= 4 is 41.7 Å². The molecule has 0 aromatic carbocycles. The molecule has 5 N–H and O–H groups in total. The summed E-state index contributed by atoms with van der Waals surface area (Å²) in [6, 6.07) is -5.52. The molecule has 0 heterocycles. The van der Waals surface area contributed by atoms with Crippen molar-refractivity contribution in [1.29, 1.82) is 0 Å². The van der Waals surface area contributed by atoms with Crippen LogP contribution in [0.2, 0.25) is 0 Å². The summed E-state index contributed by atoms with van der Waals surface area (Å²) in [5.41, 5.74) is -1.59. The SMILES string of the molecule is CC[C@H](NC(=O)C(CCC(=O)OC(C)(C)C)NC(=O)[C@H](CC(C)C)NC(=O)[C@@H](NC(=O)OC(C)(C)C)C(C)C)C(=O)N[C@H](C(=O)OC)[C@@H](C)CC. The quantitative estimate of drug-likeness (QED) is 0.0970. The number of alkyl carbamates (subject to hydrolysis) is 1. The van der Waals surface area contributed by atoms with Gasteiger partial charge in [-0.25, -0.2) is 9.59 Å². The topological polar surface area (TPSA) is 207 Å². The number of ether oxygens (including phenoxy) is 3.